The molecule has 0 aliphatic heterocycles. The van der Waals surface area contributed by atoms with E-state index < -0.39 is 24.2 Å². The van der Waals surface area contributed by atoms with Crippen LogP contribution in [0.1, 0.15) is 32.1 Å². The van der Waals surface area contributed by atoms with Gasteiger partial charge in [0.05, 0.1) is 12.1 Å². The van der Waals surface area contributed by atoms with Gasteiger partial charge in [0, 0.05) is 12.1 Å². The zero-order chi connectivity index (χ0) is 14.3. The molecule has 3 N–H and O–H groups in total. The highest BCUT2D eigenvalue weighted by Crippen LogP contribution is 2.39. The number of nitrogens with one attached hydrogen (secondary N) is 1. The standard InChI is InChI=1S/C12H20F3N3O/c1-17-11(10(16)19)5-4-9(6-11)18(8-2-3-8)7-12(13,14)15/h8-9,17H,2-7H2,1H3,(H2,16,19). The first-order valence-electron chi connectivity index (χ1n) is 6.59. The lowest BCUT2D eigenvalue weighted by Crippen LogP contribution is -2.53. The maximum atomic E-state index is 12.6. The van der Waals surface area contributed by atoms with E-state index >= 15 is 0 Å². The minimum absolute atomic E-state index is 0.0205. The number of halogens is 3. The number of primary amides is 1. The van der Waals surface area contributed by atoms with Crippen molar-refractivity contribution in [3.8, 4) is 0 Å². The number of nitrogens with two attached hydrogens (primary N) is 1. The van der Waals surface area contributed by atoms with Crippen LogP contribution in [0.15, 0.2) is 0 Å². The first-order valence-corrected chi connectivity index (χ1v) is 6.59. The molecule has 2 aliphatic carbocycles. The average molecular weight is 279 g/mol. The van der Waals surface area contributed by atoms with Crippen molar-refractivity contribution in [2.75, 3.05) is 13.6 Å². The van der Waals surface area contributed by atoms with Crippen molar-refractivity contribution >= 4 is 5.91 Å². The fourth-order valence-electron chi connectivity index (χ4n) is 3.05. The molecule has 0 saturated heterocycles. The molecule has 7 heteroatoms. The summed E-state index contributed by atoms with van der Waals surface area (Å²) in [5.41, 5.74) is 4.54. The van der Waals surface area contributed by atoms with Gasteiger partial charge in [0.15, 0.2) is 0 Å². The van der Waals surface area contributed by atoms with E-state index in [0.717, 1.165) is 12.8 Å². The molecule has 4 nitrogen and oxygen atoms in total. The van der Waals surface area contributed by atoms with Crippen LogP contribution >= 0.6 is 0 Å². The lowest BCUT2D eigenvalue weighted by atomic mass is 9.96. The summed E-state index contributed by atoms with van der Waals surface area (Å²) in [4.78, 5) is 13.0. The number of rotatable bonds is 5. The van der Waals surface area contributed by atoms with E-state index in [0.29, 0.717) is 19.3 Å². The van der Waals surface area contributed by atoms with E-state index in [-0.39, 0.29) is 12.1 Å². The third-order valence-corrected chi connectivity index (χ3v) is 4.29. The Bertz CT molecular complexity index is 357. The fraction of sp³-hybridized carbons (Fsp3) is 0.917. The van der Waals surface area contributed by atoms with Crippen molar-refractivity contribution in [2.45, 2.75) is 55.9 Å². The minimum atomic E-state index is -4.19. The molecule has 0 aromatic rings. The summed E-state index contributed by atoms with van der Waals surface area (Å²) in [5, 5.41) is 2.90. The molecule has 2 atom stereocenters. The highest BCUT2D eigenvalue weighted by Gasteiger charge is 2.49. The highest BCUT2D eigenvalue weighted by atomic mass is 19.4. The van der Waals surface area contributed by atoms with Gasteiger partial charge in [-0.2, -0.15) is 13.2 Å². The molecule has 1 amide bonds. The molecule has 110 valence electrons. The molecule has 2 rings (SSSR count). The second-order valence-corrected chi connectivity index (χ2v) is 5.61. The van der Waals surface area contributed by atoms with Crippen LogP contribution in [0.2, 0.25) is 0 Å². The van der Waals surface area contributed by atoms with Crippen LogP contribution in [0, 0.1) is 0 Å². The van der Waals surface area contributed by atoms with Crippen molar-refractivity contribution in [2.24, 2.45) is 5.73 Å². The summed E-state index contributed by atoms with van der Waals surface area (Å²) in [6.07, 6.45) is -1.11. The number of hydrogen-bond donors (Lipinski definition) is 2. The van der Waals surface area contributed by atoms with Gasteiger partial charge in [-0.25, -0.2) is 0 Å². The Morgan fingerprint density at radius 2 is 2.00 bits per heavy atom. The number of amides is 1. The molecular formula is C12H20F3N3O. The molecular weight excluding hydrogens is 259 g/mol. The van der Waals surface area contributed by atoms with Crippen LogP contribution in [0.5, 0.6) is 0 Å². The summed E-state index contributed by atoms with van der Waals surface area (Å²) >= 11 is 0. The van der Waals surface area contributed by atoms with Crippen LogP contribution in [-0.4, -0.2) is 48.2 Å². The fourth-order valence-corrected chi connectivity index (χ4v) is 3.05. The normalized spacial score (nSPS) is 31.9. The van der Waals surface area contributed by atoms with Crippen molar-refractivity contribution < 1.29 is 18.0 Å². The van der Waals surface area contributed by atoms with Crippen LogP contribution < -0.4 is 11.1 Å². The van der Waals surface area contributed by atoms with Gasteiger partial charge < -0.3 is 11.1 Å². The number of hydrogen-bond acceptors (Lipinski definition) is 3. The Kier molecular flexibility index (Phi) is 3.79. The zero-order valence-corrected chi connectivity index (χ0v) is 11.0. The molecule has 0 radical (unpaired) electrons. The van der Waals surface area contributed by atoms with Gasteiger partial charge in [-0.05, 0) is 39.2 Å². The smallest absolute Gasteiger partial charge is 0.368 e. The molecule has 2 fully saturated rings. The van der Waals surface area contributed by atoms with E-state index in [1.165, 1.54) is 4.90 Å². The van der Waals surface area contributed by atoms with Gasteiger partial charge >= 0.3 is 6.18 Å². The van der Waals surface area contributed by atoms with Gasteiger partial charge in [0.1, 0.15) is 0 Å². The summed E-state index contributed by atoms with van der Waals surface area (Å²) < 4.78 is 37.9. The Morgan fingerprint density at radius 1 is 1.37 bits per heavy atom. The van der Waals surface area contributed by atoms with E-state index in [1.54, 1.807) is 7.05 Å². The van der Waals surface area contributed by atoms with Crippen LogP contribution in [0.3, 0.4) is 0 Å². The topological polar surface area (TPSA) is 58.4 Å². The number of alkyl halides is 3. The van der Waals surface area contributed by atoms with Gasteiger partial charge in [-0.15, -0.1) is 0 Å². The van der Waals surface area contributed by atoms with Crippen molar-refractivity contribution in [3.05, 3.63) is 0 Å². The summed E-state index contributed by atoms with van der Waals surface area (Å²) in [6, 6.07) is -0.193. The van der Waals surface area contributed by atoms with Gasteiger partial charge in [0.25, 0.3) is 0 Å². The first kappa shape index (κ1) is 14.6. The number of carbonyl (C=O) groups is 1. The molecule has 2 saturated carbocycles. The predicted octanol–water partition coefficient (Wildman–Crippen LogP) is 1.01. The van der Waals surface area contributed by atoms with E-state index in [1.807, 2.05) is 0 Å². The molecule has 0 heterocycles. The highest BCUT2D eigenvalue weighted by molar-refractivity contribution is 5.85. The quantitative estimate of drug-likeness (QED) is 0.789. The first-order chi connectivity index (χ1) is 8.77. The van der Waals surface area contributed by atoms with Crippen molar-refractivity contribution in [3.63, 3.8) is 0 Å². The Morgan fingerprint density at radius 3 is 2.37 bits per heavy atom. The van der Waals surface area contributed by atoms with Crippen LogP contribution in [0.25, 0.3) is 0 Å². The Balaban J connectivity index is 2.06. The molecule has 0 aromatic heterocycles. The van der Waals surface area contributed by atoms with Gasteiger partial charge in [-0.3, -0.25) is 9.69 Å². The lowest BCUT2D eigenvalue weighted by molar-refractivity contribution is -0.152. The lowest BCUT2D eigenvalue weighted by Gasteiger charge is -2.31. The van der Waals surface area contributed by atoms with E-state index in [2.05, 4.69) is 5.32 Å². The van der Waals surface area contributed by atoms with Crippen LogP contribution in [-0.2, 0) is 4.79 Å². The largest absolute Gasteiger partial charge is 0.401 e. The Labute approximate surface area is 110 Å². The molecule has 2 unspecified atom stereocenters. The maximum Gasteiger partial charge on any atom is 0.401 e. The summed E-state index contributed by atoms with van der Waals surface area (Å²) in [6.45, 7) is -0.888. The van der Waals surface area contributed by atoms with E-state index in [4.69, 9.17) is 5.73 Å². The van der Waals surface area contributed by atoms with E-state index in [9.17, 15) is 18.0 Å². The monoisotopic (exact) mass is 279 g/mol. The summed E-state index contributed by atoms with van der Waals surface area (Å²) in [5.74, 6) is -0.472. The third kappa shape index (κ3) is 3.20. The van der Waals surface area contributed by atoms with Gasteiger partial charge in [0.2, 0.25) is 5.91 Å². The average Bonchev–Trinajstić information content (AvgIpc) is 3.04. The molecule has 0 spiro atoms. The maximum absolute atomic E-state index is 12.6. The predicted molar refractivity (Wildman–Crippen MR) is 64.4 cm³/mol. The molecule has 0 bridgehead atoms. The number of nitrogens with zero attached hydrogens (tertiary/aromatic N) is 1. The second kappa shape index (κ2) is 4.94. The third-order valence-electron chi connectivity index (χ3n) is 4.29. The zero-order valence-electron chi connectivity index (χ0n) is 11.0. The second-order valence-electron chi connectivity index (χ2n) is 5.61. The summed E-state index contributed by atoms with van der Waals surface area (Å²) in [7, 11) is 1.64. The van der Waals surface area contributed by atoms with Crippen LogP contribution in [0.4, 0.5) is 13.2 Å². The van der Waals surface area contributed by atoms with Gasteiger partial charge in [-0.1, -0.05) is 0 Å². The molecule has 2 aliphatic rings. The SMILES string of the molecule is CNC1(C(N)=O)CCC(N(CC(F)(F)F)C2CC2)C1. The minimum Gasteiger partial charge on any atom is -0.368 e. The number of likely N-dealkylation sites (N-methyl/N-ethyl adjacent to an activating group) is 1. The molecule has 0 aromatic carbocycles. The van der Waals surface area contributed by atoms with Crippen molar-refractivity contribution in [1.82, 2.24) is 10.2 Å². The Hall–Kier alpha value is -0.820. The van der Waals surface area contributed by atoms with Crippen molar-refractivity contribution in [1.29, 1.82) is 0 Å². The number of carbonyl (C=O) groups excluding carboxylic acids is 1. The molecule has 19 heavy (non-hydrogen) atoms.